The van der Waals surface area contributed by atoms with E-state index in [9.17, 15) is 10.1 Å². The van der Waals surface area contributed by atoms with Crippen LogP contribution in [0.15, 0.2) is 30.3 Å². The molecule has 0 saturated carbocycles. The maximum absolute atomic E-state index is 12.3. The molecule has 1 aromatic carbocycles. The molecule has 102 valence electrons. The van der Waals surface area contributed by atoms with Crippen LogP contribution >= 0.6 is 0 Å². The van der Waals surface area contributed by atoms with E-state index in [1.54, 1.807) is 11.9 Å². The van der Waals surface area contributed by atoms with Crippen LogP contribution in [0.25, 0.3) is 0 Å². The van der Waals surface area contributed by atoms with Crippen molar-refractivity contribution < 1.29 is 4.79 Å². The second-order valence-corrected chi connectivity index (χ2v) is 5.31. The van der Waals surface area contributed by atoms with Crippen molar-refractivity contribution in [1.29, 1.82) is 5.26 Å². The van der Waals surface area contributed by atoms with Crippen LogP contribution in [0.2, 0.25) is 0 Å². The Balaban J connectivity index is 2.75. The van der Waals surface area contributed by atoms with E-state index in [2.05, 4.69) is 19.9 Å². The zero-order valence-electron chi connectivity index (χ0n) is 12.1. The summed E-state index contributed by atoms with van der Waals surface area (Å²) in [5, 5.41) is 9.23. The van der Waals surface area contributed by atoms with E-state index in [1.165, 1.54) is 0 Å². The van der Waals surface area contributed by atoms with E-state index in [0.29, 0.717) is 12.3 Å². The zero-order chi connectivity index (χ0) is 14.4. The monoisotopic (exact) mass is 258 g/mol. The number of amides is 1. The molecular formula is C16H22N2O. The molecule has 0 aromatic heterocycles. The third-order valence-electron chi connectivity index (χ3n) is 3.66. The first-order valence-electron chi connectivity index (χ1n) is 6.67. The van der Waals surface area contributed by atoms with Crippen LogP contribution in [0.3, 0.4) is 0 Å². The number of hydrogen-bond acceptors (Lipinski definition) is 2. The lowest BCUT2D eigenvalue weighted by atomic mass is 9.97. The molecule has 3 nitrogen and oxygen atoms in total. The molecule has 19 heavy (non-hydrogen) atoms. The summed E-state index contributed by atoms with van der Waals surface area (Å²) in [5.74, 6) is -0.314. The van der Waals surface area contributed by atoms with Crippen LogP contribution in [0.4, 0.5) is 0 Å². The van der Waals surface area contributed by atoms with Gasteiger partial charge in [-0.3, -0.25) is 4.79 Å². The number of benzene rings is 1. The number of carbonyl (C=O) groups is 1. The molecule has 0 fully saturated rings. The Kier molecular flexibility index (Phi) is 5.57. The average Bonchev–Trinajstić information content (AvgIpc) is 2.43. The van der Waals surface area contributed by atoms with Gasteiger partial charge in [0.15, 0.2) is 0 Å². The Labute approximate surface area is 115 Å². The Morgan fingerprint density at radius 1 is 1.26 bits per heavy atom. The molecule has 0 radical (unpaired) electrons. The van der Waals surface area contributed by atoms with Crippen LogP contribution in [-0.2, 0) is 11.2 Å². The molecular weight excluding hydrogens is 236 g/mol. The van der Waals surface area contributed by atoms with Gasteiger partial charge in [0.25, 0.3) is 0 Å². The summed E-state index contributed by atoms with van der Waals surface area (Å²) in [6.45, 7) is 6.17. The lowest BCUT2D eigenvalue weighted by molar-refractivity contribution is -0.135. The molecule has 1 rings (SSSR count). The smallest absolute Gasteiger partial charge is 0.240 e. The standard InChI is InChI=1S/C16H22N2O/c1-12(2)13(3)18(4)16(19)15(11-17)10-14-8-6-5-7-9-14/h5-9,12-13,15H,10H2,1-4H3. The molecule has 2 atom stereocenters. The first-order chi connectivity index (χ1) is 8.97. The minimum absolute atomic E-state index is 0.0902. The highest BCUT2D eigenvalue weighted by Crippen LogP contribution is 2.15. The molecule has 2 unspecified atom stereocenters. The highest BCUT2D eigenvalue weighted by atomic mass is 16.2. The molecule has 0 heterocycles. The topological polar surface area (TPSA) is 44.1 Å². The lowest BCUT2D eigenvalue weighted by Gasteiger charge is -2.29. The second kappa shape index (κ2) is 6.94. The van der Waals surface area contributed by atoms with Crippen molar-refractivity contribution in [2.45, 2.75) is 33.2 Å². The van der Waals surface area contributed by atoms with Crippen molar-refractivity contribution in [2.75, 3.05) is 7.05 Å². The molecule has 0 aliphatic rings. The quantitative estimate of drug-likeness (QED) is 0.815. The van der Waals surface area contributed by atoms with Gasteiger partial charge in [-0.25, -0.2) is 0 Å². The zero-order valence-corrected chi connectivity index (χ0v) is 12.1. The minimum Gasteiger partial charge on any atom is -0.342 e. The van der Waals surface area contributed by atoms with Gasteiger partial charge in [0.05, 0.1) is 6.07 Å². The number of rotatable bonds is 5. The summed E-state index contributed by atoms with van der Waals surface area (Å²) >= 11 is 0. The SMILES string of the molecule is CC(C)C(C)N(C)C(=O)C(C#N)Cc1ccccc1. The Bertz CT molecular complexity index is 448. The fraction of sp³-hybridized carbons (Fsp3) is 0.500. The molecule has 0 aliphatic carbocycles. The van der Waals surface area contributed by atoms with Gasteiger partial charge in [-0.1, -0.05) is 44.2 Å². The van der Waals surface area contributed by atoms with Crippen LogP contribution in [0, 0.1) is 23.2 Å². The van der Waals surface area contributed by atoms with Crippen molar-refractivity contribution in [1.82, 2.24) is 4.90 Å². The predicted octanol–water partition coefficient (Wildman–Crippen LogP) is 2.87. The molecule has 0 bridgehead atoms. The number of carbonyl (C=O) groups excluding carboxylic acids is 1. The van der Waals surface area contributed by atoms with Gasteiger partial charge in [0, 0.05) is 13.1 Å². The summed E-state index contributed by atoms with van der Waals surface area (Å²) in [6.07, 6.45) is 0.478. The van der Waals surface area contributed by atoms with E-state index in [0.717, 1.165) is 5.56 Å². The first kappa shape index (κ1) is 15.2. The van der Waals surface area contributed by atoms with Crippen LogP contribution in [-0.4, -0.2) is 23.9 Å². The second-order valence-electron chi connectivity index (χ2n) is 5.31. The molecule has 3 heteroatoms. The van der Waals surface area contributed by atoms with Crippen molar-refractivity contribution in [3.8, 4) is 6.07 Å². The summed E-state index contributed by atoms with van der Waals surface area (Å²) in [6, 6.07) is 11.9. The number of nitrogens with zero attached hydrogens (tertiary/aromatic N) is 2. The third kappa shape index (κ3) is 4.10. The largest absolute Gasteiger partial charge is 0.342 e. The maximum Gasteiger partial charge on any atom is 0.240 e. The molecule has 0 saturated heterocycles. The average molecular weight is 258 g/mol. The van der Waals surface area contributed by atoms with E-state index in [1.807, 2.05) is 37.3 Å². The van der Waals surface area contributed by atoms with Gasteiger partial charge in [-0.15, -0.1) is 0 Å². The molecule has 1 amide bonds. The molecule has 0 N–H and O–H groups in total. The van der Waals surface area contributed by atoms with E-state index in [4.69, 9.17) is 0 Å². The van der Waals surface area contributed by atoms with E-state index >= 15 is 0 Å². The Morgan fingerprint density at radius 2 is 1.84 bits per heavy atom. The van der Waals surface area contributed by atoms with Gasteiger partial charge in [-0.05, 0) is 24.8 Å². The summed E-state index contributed by atoms with van der Waals surface area (Å²) in [5.41, 5.74) is 1.02. The molecule has 0 aliphatic heterocycles. The third-order valence-corrected chi connectivity index (χ3v) is 3.66. The fourth-order valence-electron chi connectivity index (χ4n) is 1.93. The van der Waals surface area contributed by atoms with Gasteiger partial charge in [0.2, 0.25) is 5.91 Å². The van der Waals surface area contributed by atoms with Crippen molar-refractivity contribution in [3.05, 3.63) is 35.9 Å². The molecule has 1 aromatic rings. The highest BCUT2D eigenvalue weighted by Gasteiger charge is 2.26. The van der Waals surface area contributed by atoms with E-state index < -0.39 is 5.92 Å². The van der Waals surface area contributed by atoms with Gasteiger partial charge >= 0.3 is 0 Å². The Morgan fingerprint density at radius 3 is 2.32 bits per heavy atom. The highest BCUT2D eigenvalue weighted by molar-refractivity contribution is 5.81. The minimum atomic E-state index is -0.603. The molecule has 0 spiro atoms. The Hall–Kier alpha value is -1.82. The fourth-order valence-corrected chi connectivity index (χ4v) is 1.93. The van der Waals surface area contributed by atoms with Gasteiger partial charge < -0.3 is 4.90 Å². The lowest BCUT2D eigenvalue weighted by Crippen LogP contribution is -2.41. The van der Waals surface area contributed by atoms with Gasteiger partial charge in [-0.2, -0.15) is 5.26 Å². The maximum atomic E-state index is 12.3. The summed E-state index contributed by atoms with van der Waals surface area (Å²) < 4.78 is 0. The van der Waals surface area contributed by atoms with Crippen LogP contribution in [0.1, 0.15) is 26.3 Å². The number of nitriles is 1. The van der Waals surface area contributed by atoms with Crippen molar-refractivity contribution in [2.24, 2.45) is 11.8 Å². The summed E-state index contributed by atoms with van der Waals surface area (Å²) in [4.78, 5) is 14.0. The first-order valence-corrected chi connectivity index (χ1v) is 6.67. The normalized spacial score (nSPS) is 13.7. The number of hydrogen-bond donors (Lipinski definition) is 0. The summed E-state index contributed by atoms with van der Waals surface area (Å²) in [7, 11) is 1.78. The van der Waals surface area contributed by atoms with Crippen molar-refractivity contribution in [3.63, 3.8) is 0 Å². The van der Waals surface area contributed by atoms with Crippen molar-refractivity contribution >= 4 is 5.91 Å². The predicted molar refractivity (Wildman–Crippen MR) is 76.3 cm³/mol. The van der Waals surface area contributed by atoms with Crippen LogP contribution in [0.5, 0.6) is 0 Å². The van der Waals surface area contributed by atoms with Gasteiger partial charge in [0.1, 0.15) is 5.92 Å². The van der Waals surface area contributed by atoms with Crippen LogP contribution < -0.4 is 0 Å². The van der Waals surface area contributed by atoms with E-state index in [-0.39, 0.29) is 11.9 Å².